The quantitative estimate of drug-likeness (QED) is 0.440. The minimum absolute atomic E-state index is 1.18. The Morgan fingerprint density at radius 1 is 1.86 bits per heavy atom. The lowest BCUT2D eigenvalue weighted by atomic mass is 10.4. The molecule has 1 nitrogen and oxygen atoms in total. The Labute approximate surface area is 48.5 Å². The minimum atomic E-state index is 1.18. The van der Waals surface area contributed by atoms with Gasteiger partial charge in [-0.25, -0.2) is 0 Å². The maximum absolute atomic E-state index is 2.16. The van der Waals surface area contributed by atoms with Gasteiger partial charge in [-0.3, -0.25) is 0 Å². The van der Waals surface area contributed by atoms with E-state index in [1.165, 1.54) is 11.3 Å². The van der Waals surface area contributed by atoms with Crippen molar-refractivity contribution in [3.63, 3.8) is 0 Å². The molecular weight excluding hydrogens is 106 g/mol. The Bertz CT molecular complexity index is 98.3. The average Bonchev–Trinajstić information content (AvgIpc) is 1.87. The van der Waals surface area contributed by atoms with Crippen molar-refractivity contribution in [2.45, 2.75) is 6.92 Å². The molecule has 0 N–H and O–H groups in total. The van der Waals surface area contributed by atoms with E-state index in [1.807, 2.05) is 11.9 Å². The van der Waals surface area contributed by atoms with Gasteiger partial charge in [0.25, 0.3) is 0 Å². The van der Waals surface area contributed by atoms with Gasteiger partial charge in [-0.1, -0.05) is 0 Å². The van der Waals surface area contributed by atoms with Gasteiger partial charge in [0, 0.05) is 19.0 Å². The van der Waals surface area contributed by atoms with Crippen molar-refractivity contribution in [1.29, 1.82) is 0 Å². The smallest absolute Gasteiger partial charge is 0.0359 e. The van der Waals surface area contributed by atoms with E-state index in [-0.39, 0.29) is 0 Å². The molecule has 0 aliphatic carbocycles. The maximum Gasteiger partial charge on any atom is 0.0359 e. The highest BCUT2D eigenvalue weighted by atomic mass is 32.2. The highest BCUT2D eigenvalue weighted by Crippen LogP contribution is 2.19. The fourth-order valence-electron chi connectivity index (χ4n) is 0.589. The lowest BCUT2D eigenvalue weighted by Gasteiger charge is -2.00. The molecule has 0 saturated heterocycles. The molecule has 0 bridgehead atoms. The second kappa shape index (κ2) is 1.78. The Morgan fingerprint density at radius 3 is 2.71 bits per heavy atom. The van der Waals surface area contributed by atoms with E-state index in [0.717, 1.165) is 0 Å². The van der Waals surface area contributed by atoms with E-state index in [2.05, 4.69) is 24.5 Å². The molecule has 1 aliphatic rings. The van der Waals surface area contributed by atoms with Gasteiger partial charge in [0.05, 0.1) is 0 Å². The van der Waals surface area contributed by atoms with Crippen LogP contribution in [0.25, 0.3) is 0 Å². The van der Waals surface area contributed by atoms with Crippen LogP contribution in [-0.2, 0) is 0 Å². The molecule has 40 valence electrons. The van der Waals surface area contributed by atoms with E-state index in [9.17, 15) is 0 Å². The summed E-state index contributed by atoms with van der Waals surface area (Å²) in [6.45, 7) is 2.15. The van der Waals surface area contributed by atoms with Crippen molar-refractivity contribution in [2.75, 3.05) is 12.8 Å². The van der Waals surface area contributed by atoms with Gasteiger partial charge in [-0.2, -0.15) is 0 Å². The first kappa shape index (κ1) is 5.04. The van der Waals surface area contributed by atoms with Crippen molar-refractivity contribution in [3.8, 4) is 0 Å². The van der Waals surface area contributed by atoms with Crippen LogP contribution >= 0.6 is 11.9 Å². The van der Waals surface area contributed by atoms with Gasteiger partial charge in [0.15, 0.2) is 0 Å². The van der Waals surface area contributed by atoms with E-state index in [0.29, 0.717) is 0 Å². The SMILES string of the molecule is CC1=CN(C)SC1. The Balaban J connectivity index is 2.50. The van der Waals surface area contributed by atoms with E-state index in [4.69, 9.17) is 0 Å². The lowest BCUT2D eigenvalue weighted by molar-refractivity contribution is 0.784. The predicted octanol–water partition coefficient (Wildman–Crippen LogP) is 1.48. The van der Waals surface area contributed by atoms with Gasteiger partial charge in [-0.15, -0.1) is 0 Å². The van der Waals surface area contributed by atoms with Gasteiger partial charge in [0.2, 0.25) is 0 Å². The van der Waals surface area contributed by atoms with Crippen LogP contribution in [0.5, 0.6) is 0 Å². The predicted molar refractivity (Wildman–Crippen MR) is 34.0 cm³/mol. The first-order valence-corrected chi connectivity index (χ1v) is 3.26. The molecule has 0 fully saturated rings. The number of hydrogen-bond donors (Lipinski definition) is 0. The molecule has 1 rings (SSSR count). The van der Waals surface area contributed by atoms with Crippen LogP contribution < -0.4 is 0 Å². The third-order valence-electron chi connectivity index (χ3n) is 0.898. The molecule has 0 radical (unpaired) electrons. The summed E-state index contributed by atoms with van der Waals surface area (Å²) in [6, 6.07) is 0. The minimum Gasteiger partial charge on any atom is -0.326 e. The number of rotatable bonds is 0. The molecule has 7 heavy (non-hydrogen) atoms. The molecule has 0 aromatic rings. The topological polar surface area (TPSA) is 3.24 Å². The van der Waals surface area contributed by atoms with Gasteiger partial charge >= 0.3 is 0 Å². The largest absolute Gasteiger partial charge is 0.326 e. The zero-order valence-electron chi connectivity index (χ0n) is 4.64. The van der Waals surface area contributed by atoms with Gasteiger partial charge in [0.1, 0.15) is 0 Å². The summed E-state index contributed by atoms with van der Waals surface area (Å²) >= 11 is 1.85. The Hall–Kier alpha value is -0.110. The van der Waals surface area contributed by atoms with Gasteiger partial charge < -0.3 is 4.31 Å². The lowest BCUT2D eigenvalue weighted by Crippen LogP contribution is -1.90. The van der Waals surface area contributed by atoms with Crippen molar-refractivity contribution < 1.29 is 0 Å². The van der Waals surface area contributed by atoms with Crippen molar-refractivity contribution in [2.24, 2.45) is 0 Å². The molecule has 0 aromatic carbocycles. The van der Waals surface area contributed by atoms with Crippen molar-refractivity contribution >= 4 is 11.9 Å². The zero-order valence-corrected chi connectivity index (χ0v) is 5.46. The summed E-state index contributed by atoms with van der Waals surface area (Å²) in [5.74, 6) is 1.18. The zero-order chi connectivity index (χ0) is 5.28. The molecule has 1 heterocycles. The molecule has 0 saturated carbocycles. The first-order valence-electron chi connectivity index (χ1n) is 2.32. The average molecular weight is 115 g/mol. The molecule has 1 aliphatic heterocycles. The molecule has 0 aromatic heterocycles. The second-order valence-corrected chi connectivity index (χ2v) is 2.92. The molecule has 2 heteroatoms. The van der Waals surface area contributed by atoms with Crippen LogP contribution in [0.1, 0.15) is 6.92 Å². The van der Waals surface area contributed by atoms with Crippen LogP contribution in [0.2, 0.25) is 0 Å². The van der Waals surface area contributed by atoms with Crippen LogP contribution in [0.4, 0.5) is 0 Å². The summed E-state index contributed by atoms with van der Waals surface area (Å²) in [6.07, 6.45) is 2.16. The summed E-state index contributed by atoms with van der Waals surface area (Å²) in [7, 11) is 2.07. The number of nitrogens with zero attached hydrogens (tertiary/aromatic N) is 1. The van der Waals surface area contributed by atoms with Crippen LogP contribution in [-0.4, -0.2) is 17.1 Å². The molecule has 0 spiro atoms. The molecule has 0 unspecified atom stereocenters. The fraction of sp³-hybridized carbons (Fsp3) is 0.600. The monoisotopic (exact) mass is 115 g/mol. The summed E-state index contributed by atoms with van der Waals surface area (Å²) in [4.78, 5) is 0. The molecular formula is C5H9NS. The van der Waals surface area contributed by atoms with Crippen LogP contribution in [0, 0.1) is 0 Å². The van der Waals surface area contributed by atoms with Crippen LogP contribution in [0.15, 0.2) is 11.8 Å². The first-order chi connectivity index (χ1) is 3.29. The maximum atomic E-state index is 2.16. The standard InChI is InChI=1S/C5H9NS/c1-5-3-6(2)7-4-5/h3H,4H2,1-2H3. The molecule has 0 amide bonds. The van der Waals surface area contributed by atoms with E-state index < -0.39 is 0 Å². The summed E-state index contributed by atoms with van der Waals surface area (Å²) in [5, 5.41) is 0. The third-order valence-corrected chi connectivity index (χ3v) is 2.00. The third kappa shape index (κ3) is 1.13. The van der Waals surface area contributed by atoms with E-state index >= 15 is 0 Å². The van der Waals surface area contributed by atoms with Crippen LogP contribution in [0.3, 0.4) is 0 Å². The number of hydrogen-bond acceptors (Lipinski definition) is 2. The second-order valence-electron chi connectivity index (χ2n) is 1.80. The molecule has 0 atom stereocenters. The fourth-order valence-corrected chi connectivity index (χ4v) is 1.32. The Kier molecular flexibility index (Phi) is 1.28. The summed E-state index contributed by atoms with van der Waals surface area (Å²) < 4.78 is 2.13. The normalized spacial score (nSPS) is 20.3. The van der Waals surface area contributed by atoms with E-state index in [1.54, 1.807) is 0 Å². The summed E-state index contributed by atoms with van der Waals surface area (Å²) in [5.41, 5.74) is 1.47. The van der Waals surface area contributed by atoms with Crippen molar-refractivity contribution in [3.05, 3.63) is 11.8 Å². The van der Waals surface area contributed by atoms with Gasteiger partial charge in [-0.05, 0) is 24.4 Å². The highest BCUT2D eigenvalue weighted by molar-refractivity contribution is 7.97. The van der Waals surface area contributed by atoms with Crippen molar-refractivity contribution in [1.82, 2.24) is 4.31 Å². The highest BCUT2D eigenvalue weighted by Gasteiger charge is 2.02. The Morgan fingerprint density at radius 2 is 2.57 bits per heavy atom.